The van der Waals surface area contributed by atoms with Crippen LogP contribution in [0.25, 0.3) is 0 Å². The van der Waals surface area contributed by atoms with E-state index in [1.165, 1.54) is 18.4 Å². The molecule has 0 aliphatic carbocycles. The van der Waals surface area contributed by atoms with Gasteiger partial charge in [0.1, 0.15) is 12.4 Å². The van der Waals surface area contributed by atoms with Gasteiger partial charge in [-0.3, -0.25) is 4.79 Å². The fourth-order valence-electron chi connectivity index (χ4n) is 3.32. The predicted molar refractivity (Wildman–Crippen MR) is 104 cm³/mol. The predicted octanol–water partition coefficient (Wildman–Crippen LogP) is 3.23. The topological polar surface area (TPSA) is 50.4 Å². The highest BCUT2D eigenvalue weighted by Crippen LogP contribution is 2.16. The molecule has 138 valence electrons. The Morgan fingerprint density at radius 2 is 2.04 bits per heavy atom. The molecule has 2 N–H and O–H groups in total. The molecule has 0 spiro atoms. The number of hydrogen-bond donors (Lipinski definition) is 2. The lowest BCUT2D eigenvalue weighted by Gasteiger charge is -2.22. The summed E-state index contributed by atoms with van der Waals surface area (Å²) < 4.78 is 5.88. The van der Waals surface area contributed by atoms with Crippen molar-refractivity contribution in [2.75, 3.05) is 19.6 Å². The summed E-state index contributed by atoms with van der Waals surface area (Å²) in [7, 11) is 0. The lowest BCUT2D eigenvalue weighted by atomic mass is 9.99. The second-order valence-electron chi connectivity index (χ2n) is 7.12. The van der Waals surface area contributed by atoms with Gasteiger partial charge < -0.3 is 15.4 Å². The standard InChI is InChI=1S/C22H28N2O2/c1-17-5-2-7-19(11-17)16-26-21-9-3-6-18(12-21)13-22(25)24-15-20-8-4-10-23-14-20/h2-3,5-7,9,11-12,20,23H,4,8,10,13-16H2,1H3,(H,24,25). The van der Waals surface area contributed by atoms with Gasteiger partial charge in [0.05, 0.1) is 6.42 Å². The zero-order valence-corrected chi connectivity index (χ0v) is 15.5. The quantitative estimate of drug-likeness (QED) is 0.804. The lowest BCUT2D eigenvalue weighted by molar-refractivity contribution is -0.120. The van der Waals surface area contributed by atoms with E-state index in [0.29, 0.717) is 18.9 Å². The van der Waals surface area contributed by atoms with Gasteiger partial charge in [0.2, 0.25) is 5.91 Å². The summed E-state index contributed by atoms with van der Waals surface area (Å²) in [6.45, 7) is 5.47. The minimum atomic E-state index is 0.0754. The molecule has 26 heavy (non-hydrogen) atoms. The molecular formula is C22H28N2O2. The normalized spacial score (nSPS) is 16.9. The maximum Gasteiger partial charge on any atom is 0.224 e. The highest BCUT2D eigenvalue weighted by molar-refractivity contribution is 5.78. The number of piperidine rings is 1. The van der Waals surface area contributed by atoms with Gasteiger partial charge in [0.15, 0.2) is 0 Å². The SMILES string of the molecule is Cc1cccc(COc2cccc(CC(=O)NCC3CCCNC3)c2)c1. The van der Waals surface area contributed by atoms with Gasteiger partial charge >= 0.3 is 0 Å². The van der Waals surface area contributed by atoms with Gasteiger partial charge in [-0.25, -0.2) is 0 Å². The van der Waals surface area contributed by atoms with Crippen LogP contribution in [0, 0.1) is 12.8 Å². The van der Waals surface area contributed by atoms with E-state index in [2.05, 4.69) is 35.8 Å². The Hall–Kier alpha value is -2.33. The van der Waals surface area contributed by atoms with Crippen LogP contribution in [-0.2, 0) is 17.8 Å². The largest absolute Gasteiger partial charge is 0.489 e. The van der Waals surface area contributed by atoms with Gasteiger partial charge in [0.25, 0.3) is 0 Å². The molecular weight excluding hydrogens is 324 g/mol. The summed E-state index contributed by atoms with van der Waals surface area (Å²) in [5, 5.41) is 6.44. The van der Waals surface area contributed by atoms with E-state index < -0.39 is 0 Å². The second-order valence-corrected chi connectivity index (χ2v) is 7.12. The highest BCUT2D eigenvalue weighted by atomic mass is 16.5. The lowest BCUT2D eigenvalue weighted by Crippen LogP contribution is -2.38. The van der Waals surface area contributed by atoms with Gasteiger partial charge in [-0.1, -0.05) is 42.0 Å². The van der Waals surface area contributed by atoms with Crippen molar-refractivity contribution in [3.8, 4) is 5.75 Å². The molecule has 0 saturated carbocycles. The summed E-state index contributed by atoms with van der Waals surface area (Å²) in [6, 6.07) is 16.1. The van der Waals surface area contributed by atoms with Crippen molar-refractivity contribution >= 4 is 5.91 Å². The molecule has 1 saturated heterocycles. The van der Waals surface area contributed by atoms with Crippen LogP contribution in [0.2, 0.25) is 0 Å². The Balaban J connectivity index is 1.47. The Kier molecular flexibility index (Phi) is 6.67. The molecule has 1 atom stereocenters. The van der Waals surface area contributed by atoms with E-state index in [-0.39, 0.29) is 5.91 Å². The first-order valence-electron chi connectivity index (χ1n) is 9.44. The van der Waals surface area contributed by atoms with Gasteiger partial charge in [-0.15, -0.1) is 0 Å². The Bertz CT molecular complexity index is 724. The molecule has 4 nitrogen and oxygen atoms in total. The number of carbonyl (C=O) groups is 1. The first-order valence-corrected chi connectivity index (χ1v) is 9.44. The zero-order valence-electron chi connectivity index (χ0n) is 15.5. The minimum absolute atomic E-state index is 0.0754. The van der Waals surface area contributed by atoms with Crippen molar-refractivity contribution in [1.82, 2.24) is 10.6 Å². The summed E-state index contributed by atoms with van der Waals surface area (Å²) >= 11 is 0. The summed E-state index contributed by atoms with van der Waals surface area (Å²) in [6.07, 6.45) is 2.78. The monoisotopic (exact) mass is 352 g/mol. The highest BCUT2D eigenvalue weighted by Gasteiger charge is 2.14. The number of aryl methyl sites for hydroxylation is 1. The van der Waals surface area contributed by atoms with Gasteiger partial charge in [-0.05, 0) is 62.0 Å². The zero-order chi connectivity index (χ0) is 18.2. The van der Waals surface area contributed by atoms with Crippen LogP contribution in [0.5, 0.6) is 5.75 Å². The van der Waals surface area contributed by atoms with Crippen LogP contribution in [0.15, 0.2) is 48.5 Å². The third kappa shape index (κ3) is 5.88. The maximum atomic E-state index is 12.2. The Morgan fingerprint density at radius 3 is 2.85 bits per heavy atom. The summed E-state index contributed by atoms with van der Waals surface area (Å²) in [4.78, 5) is 12.2. The van der Waals surface area contributed by atoms with Crippen LogP contribution >= 0.6 is 0 Å². The third-order valence-electron chi connectivity index (χ3n) is 4.74. The number of amides is 1. The molecule has 1 unspecified atom stereocenters. The third-order valence-corrected chi connectivity index (χ3v) is 4.74. The molecule has 2 aromatic rings. The second kappa shape index (κ2) is 9.39. The van der Waals surface area contributed by atoms with Crippen molar-refractivity contribution in [1.29, 1.82) is 0 Å². The van der Waals surface area contributed by atoms with Crippen molar-refractivity contribution in [2.24, 2.45) is 5.92 Å². The average Bonchev–Trinajstić information content (AvgIpc) is 2.66. The molecule has 1 heterocycles. The van der Waals surface area contributed by atoms with E-state index in [1.807, 2.05) is 30.3 Å². The van der Waals surface area contributed by atoms with Crippen LogP contribution in [0.4, 0.5) is 0 Å². The molecule has 1 aliphatic heterocycles. The maximum absolute atomic E-state index is 12.2. The summed E-state index contributed by atoms with van der Waals surface area (Å²) in [5.41, 5.74) is 3.35. The van der Waals surface area contributed by atoms with E-state index in [0.717, 1.165) is 36.5 Å². The molecule has 1 fully saturated rings. The van der Waals surface area contributed by atoms with E-state index >= 15 is 0 Å². The fraction of sp³-hybridized carbons (Fsp3) is 0.409. The van der Waals surface area contributed by atoms with Crippen LogP contribution in [0.1, 0.15) is 29.5 Å². The number of nitrogens with one attached hydrogen (secondary N) is 2. The van der Waals surface area contributed by atoms with Crippen molar-refractivity contribution in [3.05, 3.63) is 65.2 Å². The molecule has 0 bridgehead atoms. The molecule has 0 radical (unpaired) electrons. The first kappa shape index (κ1) is 18.5. The number of hydrogen-bond acceptors (Lipinski definition) is 3. The van der Waals surface area contributed by atoms with Gasteiger partial charge in [0, 0.05) is 6.54 Å². The molecule has 1 amide bonds. The van der Waals surface area contributed by atoms with Crippen LogP contribution < -0.4 is 15.4 Å². The Morgan fingerprint density at radius 1 is 1.19 bits per heavy atom. The molecule has 0 aromatic heterocycles. The minimum Gasteiger partial charge on any atom is -0.489 e. The Labute approximate surface area is 156 Å². The average molecular weight is 352 g/mol. The molecule has 1 aliphatic rings. The van der Waals surface area contributed by atoms with E-state index in [4.69, 9.17) is 4.74 Å². The molecule has 3 rings (SSSR count). The number of ether oxygens (including phenoxy) is 1. The number of benzene rings is 2. The van der Waals surface area contributed by atoms with Crippen molar-refractivity contribution in [2.45, 2.75) is 32.8 Å². The molecule has 4 heteroatoms. The van der Waals surface area contributed by atoms with Gasteiger partial charge in [-0.2, -0.15) is 0 Å². The fourth-order valence-corrected chi connectivity index (χ4v) is 3.32. The van der Waals surface area contributed by atoms with Crippen LogP contribution in [0.3, 0.4) is 0 Å². The summed E-state index contributed by atoms with van der Waals surface area (Å²) in [5.74, 6) is 1.43. The van der Waals surface area contributed by atoms with Crippen molar-refractivity contribution in [3.63, 3.8) is 0 Å². The number of rotatable bonds is 7. The first-order chi connectivity index (χ1) is 12.7. The van der Waals surface area contributed by atoms with Crippen LogP contribution in [-0.4, -0.2) is 25.5 Å². The molecule has 2 aromatic carbocycles. The smallest absolute Gasteiger partial charge is 0.224 e. The van der Waals surface area contributed by atoms with Crippen molar-refractivity contribution < 1.29 is 9.53 Å². The van der Waals surface area contributed by atoms with E-state index in [9.17, 15) is 4.79 Å². The van der Waals surface area contributed by atoms with E-state index in [1.54, 1.807) is 0 Å². The number of carbonyl (C=O) groups excluding carboxylic acids is 1.